The molecule has 148 valence electrons. The summed E-state index contributed by atoms with van der Waals surface area (Å²) in [5.41, 5.74) is 2.11. The number of nitrogens with zero attached hydrogens (tertiary/aromatic N) is 1. The Hall–Kier alpha value is -3.74. The minimum atomic E-state index is -0.970. The van der Waals surface area contributed by atoms with Gasteiger partial charge in [0.05, 0.1) is 4.92 Å². The van der Waals surface area contributed by atoms with Crippen molar-refractivity contribution in [3.05, 3.63) is 87.7 Å². The van der Waals surface area contributed by atoms with Crippen LogP contribution in [0.5, 0.6) is 0 Å². The van der Waals surface area contributed by atoms with Gasteiger partial charge in [0.25, 0.3) is 5.69 Å². The average Bonchev–Trinajstić information content (AvgIpc) is 3.23. The zero-order chi connectivity index (χ0) is 21.0. The quantitative estimate of drug-likeness (QED) is 0.246. The number of ether oxygens (including phenoxy) is 1. The predicted molar refractivity (Wildman–Crippen MR) is 106 cm³/mol. The van der Waals surface area contributed by atoms with Crippen molar-refractivity contribution in [1.29, 1.82) is 0 Å². The van der Waals surface area contributed by atoms with Gasteiger partial charge >= 0.3 is 5.97 Å². The first-order chi connectivity index (χ1) is 13.9. The number of furan rings is 1. The van der Waals surface area contributed by atoms with Crippen molar-refractivity contribution >= 4 is 17.4 Å². The molecule has 7 nitrogen and oxygen atoms in total. The zero-order valence-corrected chi connectivity index (χ0v) is 16.0. The second-order valence-corrected chi connectivity index (χ2v) is 6.43. The number of nitro benzene ring substituents is 1. The molecule has 0 saturated carbocycles. The van der Waals surface area contributed by atoms with Gasteiger partial charge in [0.1, 0.15) is 5.76 Å². The molecule has 0 aliphatic heterocycles. The van der Waals surface area contributed by atoms with E-state index in [4.69, 9.17) is 9.15 Å². The number of aryl methyl sites for hydroxylation is 1. The Morgan fingerprint density at radius 1 is 1.03 bits per heavy atom. The fourth-order valence-corrected chi connectivity index (χ4v) is 2.76. The summed E-state index contributed by atoms with van der Waals surface area (Å²) in [4.78, 5) is 35.0. The van der Waals surface area contributed by atoms with E-state index >= 15 is 0 Å². The lowest BCUT2D eigenvalue weighted by Crippen LogP contribution is -2.24. The molecule has 0 unspecified atom stereocenters. The van der Waals surface area contributed by atoms with Gasteiger partial charge in [-0.2, -0.15) is 0 Å². The lowest BCUT2D eigenvalue weighted by Gasteiger charge is -2.11. The van der Waals surface area contributed by atoms with E-state index in [1.54, 1.807) is 18.2 Å². The SMILES string of the molecule is CCc1ccc(C(=O)[C@@H](C)OC(=O)c2ccc(-c3ccc([N+](=O)[O-])cc3)o2)cc1. The molecule has 29 heavy (non-hydrogen) atoms. The van der Waals surface area contributed by atoms with Crippen molar-refractivity contribution in [2.75, 3.05) is 0 Å². The van der Waals surface area contributed by atoms with Crippen LogP contribution in [0.4, 0.5) is 5.69 Å². The minimum Gasteiger partial charge on any atom is -0.449 e. The highest BCUT2D eigenvalue weighted by Crippen LogP contribution is 2.25. The molecule has 0 bridgehead atoms. The highest BCUT2D eigenvalue weighted by molar-refractivity contribution is 6.01. The molecule has 1 atom stereocenters. The van der Waals surface area contributed by atoms with Gasteiger partial charge < -0.3 is 9.15 Å². The Bertz CT molecular complexity index is 1030. The molecule has 0 aliphatic rings. The van der Waals surface area contributed by atoms with Crippen molar-refractivity contribution < 1.29 is 23.7 Å². The third-order valence-electron chi connectivity index (χ3n) is 4.47. The minimum absolute atomic E-state index is 0.0424. The Morgan fingerprint density at radius 2 is 1.69 bits per heavy atom. The van der Waals surface area contributed by atoms with E-state index in [9.17, 15) is 19.7 Å². The van der Waals surface area contributed by atoms with Crippen LogP contribution in [0.1, 0.15) is 40.3 Å². The van der Waals surface area contributed by atoms with Crippen molar-refractivity contribution in [3.8, 4) is 11.3 Å². The number of nitro groups is 1. The summed E-state index contributed by atoms with van der Waals surface area (Å²) in [5.74, 6) is -0.757. The van der Waals surface area contributed by atoms with Crippen LogP contribution in [-0.2, 0) is 11.2 Å². The number of Topliss-reactive ketones (excluding diaryl/α,β-unsaturated/α-hetero) is 1. The number of esters is 1. The highest BCUT2D eigenvalue weighted by Gasteiger charge is 2.22. The normalized spacial score (nSPS) is 11.7. The van der Waals surface area contributed by atoms with Gasteiger partial charge in [-0.05, 0) is 43.2 Å². The Labute approximate surface area is 167 Å². The summed E-state index contributed by atoms with van der Waals surface area (Å²) >= 11 is 0. The van der Waals surface area contributed by atoms with Crippen LogP contribution in [0.25, 0.3) is 11.3 Å². The zero-order valence-electron chi connectivity index (χ0n) is 16.0. The van der Waals surface area contributed by atoms with Crippen LogP contribution >= 0.6 is 0 Å². The largest absolute Gasteiger partial charge is 0.449 e. The van der Waals surface area contributed by atoms with Gasteiger partial charge in [-0.1, -0.05) is 31.2 Å². The van der Waals surface area contributed by atoms with Gasteiger partial charge in [-0.25, -0.2) is 4.79 Å². The lowest BCUT2D eigenvalue weighted by molar-refractivity contribution is -0.384. The first-order valence-corrected chi connectivity index (χ1v) is 9.08. The number of non-ortho nitro benzene ring substituents is 1. The lowest BCUT2D eigenvalue weighted by atomic mass is 10.0. The van der Waals surface area contributed by atoms with E-state index < -0.39 is 17.0 Å². The maximum Gasteiger partial charge on any atom is 0.374 e. The second kappa shape index (κ2) is 8.52. The number of benzene rings is 2. The standard InChI is InChI=1S/C22H19NO6/c1-3-15-4-6-17(7-5-15)21(24)14(2)28-22(25)20-13-12-19(29-20)16-8-10-18(11-9-16)23(26)27/h4-14H,3H2,1-2H3/t14-/m1/s1. The Balaban J connectivity index is 1.67. The molecule has 0 spiro atoms. The van der Waals surface area contributed by atoms with Crippen molar-refractivity contribution in [2.24, 2.45) is 0 Å². The maximum absolute atomic E-state index is 12.5. The van der Waals surface area contributed by atoms with Crippen LogP contribution in [0.3, 0.4) is 0 Å². The van der Waals surface area contributed by atoms with Crippen molar-refractivity contribution in [2.45, 2.75) is 26.4 Å². The predicted octanol–water partition coefficient (Wildman–Crippen LogP) is 4.85. The van der Waals surface area contributed by atoms with Crippen LogP contribution in [0, 0.1) is 10.1 Å². The molecular weight excluding hydrogens is 374 g/mol. The molecule has 1 aromatic heterocycles. The fourth-order valence-electron chi connectivity index (χ4n) is 2.76. The van der Waals surface area contributed by atoms with Crippen LogP contribution in [-0.4, -0.2) is 22.8 Å². The summed E-state index contributed by atoms with van der Waals surface area (Å²) < 4.78 is 10.7. The number of ketones is 1. The Kier molecular flexibility index (Phi) is 5.87. The summed E-state index contributed by atoms with van der Waals surface area (Å²) in [7, 11) is 0. The van der Waals surface area contributed by atoms with Gasteiger partial charge in [-0.15, -0.1) is 0 Å². The highest BCUT2D eigenvalue weighted by atomic mass is 16.6. The van der Waals surface area contributed by atoms with Gasteiger partial charge in [0.2, 0.25) is 11.5 Å². The van der Waals surface area contributed by atoms with Crippen LogP contribution < -0.4 is 0 Å². The molecule has 0 radical (unpaired) electrons. The monoisotopic (exact) mass is 393 g/mol. The number of hydrogen-bond acceptors (Lipinski definition) is 6. The number of rotatable bonds is 7. The summed E-state index contributed by atoms with van der Waals surface area (Å²) in [5, 5.41) is 10.7. The molecule has 0 fully saturated rings. The summed E-state index contributed by atoms with van der Waals surface area (Å²) in [6, 6.07) is 15.9. The van der Waals surface area contributed by atoms with Crippen molar-refractivity contribution in [1.82, 2.24) is 0 Å². The Morgan fingerprint density at radius 3 is 2.28 bits per heavy atom. The second-order valence-electron chi connectivity index (χ2n) is 6.43. The first kappa shape index (κ1) is 20.0. The molecule has 0 aliphatic carbocycles. The molecule has 1 heterocycles. The average molecular weight is 393 g/mol. The third kappa shape index (κ3) is 4.57. The van der Waals surface area contributed by atoms with E-state index in [-0.39, 0.29) is 17.2 Å². The molecule has 0 amide bonds. The molecule has 3 rings (SSSR count). The van der Waals surface area contributed by atoms with E-state index in [2.05, 4.69) is 0 Å². The van der Waals surface area contributed by atoms with E-state index in [1.807, 2.05) is 19.1 Å². The van der Waals surface area contributed by atoms with E-state index in [0.717, 1.165) is 12.0 Å². The number of carbonyl (C=O) groups is 2. The number of carbonyl (C=O) groups excluding carboxylic acids is 2. The fraction of sp³-hybridized carbons (Fsp3) is 0.182. The molecule has 2 aromatic carbocycles. The number of hydrogen-bond donors (Lipinski definition) is 0. The van der Waals surface area contributed by atoms with Crippen LogP contribution in [0.15, 0.2) is 65.1 Å². The third-order valence-corrected chi connectivity index (χ3v) is 4.47. The van der Waals surface area contributed by atoms with Crippen molar-refractivity contribution in [3.63, 3.8) is 0 Å². The molecule has 3 aromatic rings. The molecule has 0 saturated heterocycles. The van der Waals surface area contributed by atoms with Gasteiger partial charge in [-0.3, -0.25) is 14.9 Å². The summed E-state index contributed by atoms with van der Waals surface area (Å²) in [6.07, 6.45) is -0.0999. The smallest absolute Gasteiger partial charge is 0.374 e. The first-order valence-electron chi connectivity index (χ1n) is 9.08. The van der Waals surface area contributed by atoms with Crippen LogP contribution in [0.2, 0.25) is 0 Å². The maximum atomic E-state index is 12.5. The molecular formula is C22H19NO6. The summed E-state index contributed by atoms with van der Waals surface area (Å²) in [6.45, 7) is 3.53. The molecule has 0 N–H and O–H groups in total. The molecule has 7 heteroatoms. The van der Waals surface area contributed by atoms with E-state index in [0.29, 0.717) is 16.9 Å². The van der Waals surface area contributed by atoms with Gasteiger partial charge in [0, 0.05) is 23.3 Å². The van der Waals surface area contributed by atoms with E-state index in [1.165, 1.54) is 37.3 Å². The topological polar surface area (TPSA) is 99.7 Å². The van der Waals surface area contributed by atoms with Gasteiger partial charge in [0.15, 0.2) is 6.10 Å².